The second-order valence-corrected chi connectivity index (χ2v) is 10.5. The van der Waals surface area contributed by atoms with Crippen molar-refractivity contribution in [3.8, 4) is 11.5 Å². The molecule has 3 aromatic rings. The van der Waals surface area contributed by atoms with Gasteiger partial charge in [0.1, 0.15) is 16.3 Å². The standard InChI is InChI=1S/C16H12N2O11S3.Na/c19-12-7-11(31(24,25)26)5-8-6-13(32(27,28)29)15(16(20)14(8)12)18-17-9-1-3-10(4-2-9)30(21,22)23;/h1-7,19-20H,(H,21,22,23)(H,24,25,26)(H,27,28,29);. The Morgan fingerprint density at radius 2 is 1.21 bits per heavy atom. The number of rotatable bonds is 5. The van der Waals surface area contributed by atoms with Gasteiger partial charge < -0.3 is 10.2 Å². The van der Waals surface area contributed by atoms with Crippen LogP contribution in [0.5, 0.6) is 11.5 Å². The summed E-state index contributed by atoms with van der Waals surface area (Å²) in [4.78, 5) is -2.27. The third kappa shape index (κ3) is 5.86. The summed E-state index contributed by atoms with van der Waals surface area (Å²) >= 11 is 0. The summed E-state index contributed by atoms with van der Waals surface area (Å²) in [7, 11) is -14.3. The fraction of sp³-hybridized carbons (Fsp3) is 0. The van der Waals surface area contributed by atoms with Crippen LogP contribution in [0.1, 0.15) is 0 Å². The van der Waals surface area contributed by atoms with Gasteiger partial charge in [0.05, 0.1) is 20.9 Å². The Balaban J connectivity index is 0.00000385. The van der Waals surface area contributed by atoms with E-state index in [1.807, 2.05) is 0 Å². The number of hydrogen-bond donors (Lipinski definition) is 5. The van der Waals surface area contributed by atoms with Gasteiger partial charge in [-0.2, -0.15) is 30.4 Å². The molecular weight excluding hydrogens is 515 g/mol. The van der Waals surface area contributed by atoms with Crippen molar-refractivity contribution in [3.63, 3.8) is 0 Å². The molecule has 0 heterocycles. The van der Waals surface area contributed by atoms with Gasteiger partial charge in [-0.25, -0.2) is 0 Å². The fourth-order valence-corrected chi connectivity index (χ4v) is 4.35. The van der Waals surface area contributed by atoms with E-state index in [1.165, 1.54) is 0 Å². The Bertz CT molecular complexity index is 1600. The SMILES string of the molecule is O=S(=O)(O)c1ccc(N=Nc2c(S(=O)(=O)O)cc3cc(S(=O)(=O)O)cc(O)c3c2O)cc1.[Na]. The van der Waals surface area contributed by atoms with Crippen molar-refractivity contribution in [3.05, 3.63) is 42.5 Å². The third-order valence-electron chi connectivity index (χ3n) is 4.08. The fourth-order valence-electron chi connectivity index (χ4n) is 2.67. The molecule has 0 fully saturated rings. The first-order valence-electron chi connectivity index (χ1n) is 8.06. The summed E-state index contributed by atoms with van der Waals surface area (Å²) in [5, 5.41) is 26.9. The molecule has 33 heavy (non-hydrogen) atoms. The number of hydrogen-bond acceptors (Lipinski definition) is 10. The first-order valence-corrected chi connectivity index (χ1v) is 12.4. The zero-order valence-electron chi connectivity index (χ0n) is 16.3. The van der Waals surface area contributed by atoms with Crippen LogP contribution < -0.4 is 0 Å². The first-order chi connectivity index (χ1) is 14.6. The Hall–Kier alpha value is -2.15. The van der Waals surface area contributed by atoms with Crippen LogP contribution in [0.4, 0.5) is 11.4 Å². The molecule has 3 aromatic carbocycles. The van der Waals surface area contributed by atoms with Gasteiger partial charge in [-0.1, -0.05) is 0 Å². The maximum atomic E-state index is 11.8. The number of aromatic hydroxyl groups is 2. The molecule has 13 nitrogen and oxygen atoms in total. The van der Waals surface area contributed by atoms with Gasteiger partial charge in [-0.05, 0) is 41.8 Å². The van der Waals surface area contributed by atoms with E-state index in [4.69, 9.17) is 9.11 Å². The van der Waals surface area contributed by atoms with Gasteiger partial charge in [-0.15, -0.1) is 5.11 Å². The number of benzene rings is 3. The molecule has 0 aliphatic rings. The maximum Gasteiger partial charge on any atom is 0.296 e. The van der Waals surface area contributed by atoms with Gasteiger partial charge >= 0.3 is 0 Å². The van der Waals surface area contributed by atoms with Gasteiger partial charge in [-0.3, -0.25) is 13.7 Å². The molecule has 0 bridgehead atoms. The molecule has 0 amide bonds. The Morgan fingerprint density at radius 1 is 0.667 bits per heavy atom. The van der Waals surface area contributed by atoms with E-state index in [2.05, 4.69) is 10.2 Å². The van der Waals surface area contributed by atoms with Crippen molar-refractivity contribution in [1.82, 2.24) is 0 Å². The molecule has 0 spiro atoms. The third-order valence-corrected chi connectivity index (χ3v) is 6.64. The second kappa shape index (κ2) is 9.24. The van der Waals surface area contributed by atoms with Crippen LogP contribution in [0.3, 0.4) is 0 Å². The van der Waals surface area contributed by atoms with E-state index < -0.39 is 67.6 Å². The van der Waals surface area contributed by atoms with Gasteiger partial charge in [0.25, 0.3) is 30.4 Å². The van der Waals surface area contributed by atoms with Crippen LogP contribution in [-0.4, -0.2) is 78.7 Å². The molecular formula is C16H12N2NaO11S3. The van der Waals surface area contributed by atoms with Crippen LogP contribution in [0, 0.1) is 0 Å². The molecule has 0 aliphatic carbocycles. The summed E-state index contributed by atoms with van der Waals surface area (Å²) < 4.78 is 96.0. The van der Waals surface area contributed by atoms with E-state index in [0.29, 0.717) is 12.1 Å². The molecule has 0 atom stereocenters. The average molecular weight is 527 g/mol. The van der Waals surface area contributed by atoms with Crippen molar-refractivity contribution in [2.24, 2.45) is 10.2 Å². The second-order valence-electron chi connectivity index (χ2n) is 6.23. The monoisotopic (exact) mass is 527 g/mol. The smallest absolute Gasteiger partial charge is 0.296 e. The summed E-state index contributed by atoms with van der Waals surface area (Å²) in [5.41, 5.74) is -0.877. The van der Waals surface area contributed by atoms with E-state index in [0.717, 1.165) is 30.3 Å². The molecule has 0 saturated carbocycles. The van der Waals surface area contributed by atoms with Gasteiger partial charge in [0.2, 0.25) is 0 Å². The Labute approximate surface area is 209 Å². The Morgan fingerprint density at radius 3 is 1.70 bits per heavy atom. The van der Waals surface area contributed by atoms with E-state index in [1.54, 1.807) is 0 Å². The molecule has 5 N–H and O–H groups in total. The van der Waals surface area contributed by atoms with E-state index in [9.17, 15) is 40.0 Å². The molecule has 0 aliphatic heterocycles. The predicted octanol–water partition coefficient (Wildman–Crippen LogP) is 2.03. The molecule has 17 heteroatoms. The predicted molar refractivity (Wildman–Crippen MR) is 113 cm³/mol. The van der Waals surface area contributed by atoms with Crippen LogP contribution in [-0.2, 0) is 30.4 Å². The topological polar surface area (TPSA) is 228 Å². The van der Waals surface area contributed by atoms with Crippen molar-refractivity contribution in [2.45, 2.75) is 14.7 Å². The minimum absolute atomic E-state index is 0. The Kier molecular flexibility index (Phi) is 7.59. The summed E-state index contributed by atoms with van der Waals surface area (Å²) in [5.74, 6) is -1.85. The normalized spacial score (nSPS) is 12.7. The summed E-state index contributed by atoms with van der Waals surface area (Å²) in [6.45, 7) is 0. The largest absolute Gasteiger partial charge is 0.507 e. The first kappa shape index (κ1) is 27.1. The number of phenols is 2. The van der Waals surface area contributed by atoms with Crippen LogP contribution >= 0.6 is 0 Å². The minimum atomic E-state index is -5.06. The van der Waals surface area contributed by atoms with Crippen molar-refractivity contribution in [1.29, 1.82) is 0 Å². The van der Waals surface area contributed by atoms with Crippen molar-refractivity contribution >= 4 is 82.1 Å². The molecule has 0 aromatic heterocycles. The minimum Gasteiger partial charge on any atom is -0.507 e. The quantitative estimate of drug-likeness (QED) is 0.183. The molecule has 0 unspecified atom stereocenters. The summed E-state index contributed by atoms with van der Waals surface area (Å²) in [6.07, 6.45) is 0. The number of phenolic OH excluding ortho intramolecular Hbond substituents is 2. The van der Waals surface area contributed by atoms with Crippen molar-refractivity contribution < 1.29 is 49.1 Å². The van der Waals surface area contributed by atoms with Crippen LogP contribution in [0.25, 0.3) is 10.8 Å². The maximum absolute atomic E-state index is 11.8. The zero-order valence-corrected chi connectivity index (χ0v) is 20.8. The van der Waals surface area contributed by atoms with E-state index in [-0.39, 0.29) is 40.6 Å². The van der Waals surface area contributed by atoms with E-state index >= 15 is 0 Å². The number of fused-ring (bicyclic) bond motifs is 1. The van der Waals surface area contributed by atoms with Crippen LogP contribution in [0.2, 0.25) is 0 Å². The zero-order chi connectivity index (χ0) is 24.1. The van der Waals surface area contributed by atoms with Gasteiger partial charge in [0, 0.05) is 35.6 Å². The van der Waals surface area contributed by atoms with Crippen molar-refractivity contribution in [2.75, 3.05) is 0 Å². The molecule has 0 saturated heterocycles. The van der Waals surface area contributed by atoms with Crippen LogP contribution in [0.15, 0.2) is 67.4 Å². The average Bonchev–Trinajstić information content (AvgIpc) is 2.64. The molecule has 171 valence electrons. The number of azo groups is 1. The number of nitrogens with zero attached hydrogens (tertiary/aromatic N) is 2. The van der Waals surface area contributed by atoms with Gasteiger partial charge in [0.15, 0.2) is 5.75 Å². The summed E-state index contributed by atoms with van der Waals surface area (Å²) in [6, 6.07) is 6.15. The molecule has 3 rings (SSSR count). The molecule has 1 radical (unpaired) electrons.